The summed E-state index contributed by atoms with van der Waals surface area (Å²) in [6.45, 7) is 1.66. The van der Waals surface area contributed by atoms with Crippen molar-refractivity contribution in [3.05, 3.63) is 70.3 Å². The number of rotatable bonds is 4. The molecule has 0 spiro atoms. The minimum absolute atomic E-state index is 0.00956. The summed E-state index contributed by atoms with van der Waals surface area (Å²) in [5, 5.41) is 11.5. The molecule has 2 aromatic rings. The summed E-state index contributed by atoms with van der Waals surface area (Å²) in [4.78, 5) is 23.1. The second kappa shape index (κ2) is 6.74. The molecule has 4 nitrogen and oxygen atoms in total. The van der Waals surface area contributed by atoms with Gasteiger partial charge in [-0.15, -0.1) is 0 Å². The van der Waals surface area contributed by atoms with Gasteiger partial charge in [0.1, 0.15) is 0 Å². The van der Waals surface area contributed by atoms with E-state index < -0.39 is 23.6 Å². The van der Waals surface area contributed by atoms with Crippen LogP contribution in [-0.2, 0) is 12.7 Å². The summed E-state index contributed by atoms with van der Waals surface area (Å²) >= 11 is 0. The quantitative estimate of drug-likeness (QED) is 0.895. The van der Waals surface area contributed by atoms with Crippen molar-refractivity contribution in [3.8, 4) is 0 Å². The molecule has 2 N–H and O–H groups in total. The maximum atomic E-state index is 12.7. The van der Waals surface area contributed by atoms with Crippen molar-refractivity contribution in [2.24, 2.45) is 0 Å². The Balaban J connectivity index is 2.11. The van der Waals surface area contributed by atoms with Crippen LogP contribution in [0.15, 0.2) is 42.5 Å². The molecule has 0 unspecified atom stereocenters. The fourth-order valence-corrected chi connectivity index (χ4v) is 2.13. The molecule has 0 atom stereocenters. The van der Waals surface area contributed by atoms with Crippen molar-refractivity contribution >= 4 is 11.9 Å². The van der Waals surface area contributed by atoms with Crippen molar-refractivity contribution in [2.75, 3.05) is 0 Å². The van der Waals surface area contributed by atoms with Crippen LogP contribution in [0.4, 0.5) is 13.2 Å². The fourth-order valence-electron chi connectivity index (χ4n) is 2.13. The molecule has 0 aromatic heterocycles. The van der Waals surface area contributed by atoms with Crippen molar-refractivity contribution < 1.29 is 27.9 Å². The molecule has 7 heteroatoms. The molecule has 1 amide bonds. The van der Waals surface area contributed by atoms with Crippen LogP contribution in [0.1, 0.15) is 37.4 Å². The topological polar surface area (TPSA) is 66.4 Å². The number of amides is 1. The van der Waals surface area contributed by atoms with E-state index in [1.54, 1.807) is 19.1 Å². The van der Waals surface area contributed by atoms with Gasteiger partial charge in [-0.1, -0.05) is 18.2 Å². The van der Waals surface area contributed by atoms with Crippen LogP contribution in [0.25, 0.3) is 0 Å². The normalized spacial score (nSPS) is 11.2. The van der Waals surface area contributed by atoms with E-state index in [0.29, 0.717) is 11.1 Å². The first-order valence-electron chi connectivity index (χ1n) is 6.97. The molecule has 0 aliphatic rings. The Morgan fingerprint density at radius 2 is 1.83 bits per heavy atom. The van der Waals surface area contributed by atoms with Crippen LogP contribution in [-0.4, -0.2) is 17.0 Å². The number of halogens is 3. The predicted octanol–water partition coefficient (Wildman–Crippen LogP) is 3.64. The van der Waals surface area contributed by atoms with Crippen LogP contribution in [0.2, 0.25) is 0 Å². The molecular formula is C17H14F3NO3. The van der Waals surface area contributed by atoms with E-state index in [1.165, 1.54) is 12.1 Å². The number of carbonyl (C=O) groups is 2. The van der Waals surface area contributed by atoms with Gasteiger partial charge < -0.3 is 10.4 Å². The number of aromatic carboxylic acids is 1. The lowest BCUT2D eigenvalue weighted by molar-refractivity contribution is -0.137. The molecule has 126 valence electrons. The van der Waals surface area contributed by atoms with Gasteiger partial charge in [-0.3, -0.25) is 4.79 Å². The van der Waals surface area contributed by atoms with E-state index in [0.717, 1.165) is 18.2 Å². The maximum Gasteiger partial charge on any atom is 0.416 e. The number of hydrogen-bond acceptors (Lipinski definition) is 2. The largest absolute Gasteiger partial charge is 0.478 e. The number of hydrogen-bond donors (Lipinski definition) is 2. The van der Waals surface area contributed by atoms with E-state index in [2.05, 4.69) is 5.32 Å². The highest BCUT2D eigenvalue weighted by atomic mass is 19.4. The van der Waals surface area contributed by atoms with E-state index >= 15 is 0 Å². The third-order valence-corrected chi connectivity index (χ3v) is 3.44. The smallest absolute Gasteiger partial charge is 0.416 e. The van der Waals surface area contributed by atoms with E-state index in [9.17, 15) is 22.8 Å². The Hall–Kier alpha value is -2.83. The van der Waals surface area contributed by atoms with Gasteiger partial charge in [0.15, 0.2) is 0 Å². The Morgan fingerprint density at radius 1 is 1.12 bits per heavy atom. The monoisotopic (exact) mass is 337 g/mol. The molecule has 2 aromatic carbocycles. The number of carbonyl (C=O) groups excluding carboxylic acids is 1. The molecule has 0 fully saturated rings. The molecule has 0 heterocycles. The first-order valence-corrected chi connectivity index (χ1v) is 6.97. The molecule has 0 saturated heterocycles. The molecular weight excluding hydrogens is 323 g/mol. The zero-order chi connectivity index (χ0) is 17.9. The number of alkyl halides is 3. The summed E-state index contributed by atoms with van der Waals surface area (Å²) in [7, 11) is 0. The van der Waals surface area contributed by atoms with Crippen molar-refractivity contribution in [3.63, 3.8) is 0 Å². The molecule has 0 radical (unpaired) electrons. The second-order valence-corrected chi connectivity index (χ2v) is 5.22. The van der Waals surface area contributed by atoms with E-state index in [4.69, 9.17) is 5.11 Å². The Morgan fingerprint density at radius 3 is 2.46 bits per heavy atom. The standard InChI is InChI=1S/C17H14F3NO3/c1-10-5-6-11(7-14(10)16(23)24)9-21-15(22)12-3-2-4-13(8-12)17(18,19)20/h2-8H,9H2,1H3,(H,21,22)(H,23,24). The zero-order valence-corrected chi connectivity index (χ0v) is 12.6. The first-order chi connectivity index (χ1) is 11.2. The lowest BCUT2D eigenvalue weighted by Crippen LogP contribution is -2.23. The summed E-state index contributed by atoms with van der Waals surface area (Å²) in [6, 6.07) is 8.77. The number of carboxylic acid groups (broad SMARTS) is 1. The summed E-state index contributed by atoms with van der Waals surface area (Å²) in [5.74, 6) is -1.75. The third kappa shape index (κ3) is 4.13. The highest BCUT2D eigenvalue weighted by molar-refractivity contribution is 5.94. The Bertz CT molecular complexity index is 785. The van der Waals surface area contributed by atoms with Gasteiger partial charge in [0.25, 0.3) is 5.91 Å². The van der Waals surface area contributed by atoms with Gasteiger partial charge >= 0.3 is 12.1 Å². The SMILES string of the molecule is Cc1ccc(CNC(=O)c2cccc(C(F)(F)F)c2)cc1C(=O)O. The number of aryl methyl sites for hydroxylation is 1. The van der Waals surface area contributed by atoms with Gasteiger partial charge in [-0.2, -0.15) is 13.2 Å². The zero-order valence-electron chi connectivity index (χ0n) is 12.6. The summed E-state index contributed by atoms with van der Waals surface area (Å²) < 4.78 is 38.0. The van der Waals surface area contributed by atoms with E-state index in [-0.39, 0.29) is 17.7 Å². The van der Waals surface area contributed by atoms with Gasteiger partial charge in [0.05, 0.1) is 11.1 Å². The maximum absolute atomic E-state index is 12.7. The van der Waals surface area contributed by atoms with Crippen molar-refractivity contribution in [2.45, 2.75) is 19.6 Å². The molecule has 0 saturated carbocycles. The first kappa shape index (κ1) is 17.5. The van der Waals surface area contributed by atoms with Crippen LogP contribution >= 0.6 is 0 Å². The predicted molar refractivity (Wildman–Crippen MR) is 80.8 cm³/mol. The number of carboxylic acids is 1. The minimum atomic E-state index is -4.52. The molecule has 0 bridgehead atoms. The van der Waals surface area contributed by atoms with Gasteiger partial charge in [-0.05, 0) is 42.3 Å². The van der Waals surface area contributed by atoms with Gasteiger partial charge in [0, 0.05) is 12.1 Å². The van der Waals surface area contributed by atoms with Gasteiger partial charge in [0.2, 0.25) is 0 Å². The highest BCUT2D eigenvalue weighted by Crippen LogP contribution is 2.29. The number of nitrogens with one attached hydrogen (secondary N) is 1. The van der Waals surface area contributed by atoms with Crippen LogP contribution in [0.5, 0.6) is 0 Å². The van der Waals surface area contributed by atoms with Gasteiger partial charge in [-0.25, -0.2) is 4.79 Å². The lowest BCUT2D eigenvalue weighted by Gasteiger charge is -2.10. The molecule has 24 heavy (non-hydrogen) atoms. The third-order valence-electron chi connectivity index (χ3n) is 3.44. The average Bonchev–Trinajstić information content (AvgIpc) is 2.52. The fraction of sp³-hybridized carbons (Fsp3) is 0.176. The second-order valence-electron chi connectivity index (χ2n) is 5.22. The molecule has 0 aliphatic carbocycles. The van der Waals surface area contributed by atoms with Crippen molar-refractivity contribution in [1.29, 1.82) is 0 Å². The van der Waals surface area contributed by atoms with Crippen LogP contribution < -0.4 is 5.32 Å². The summed E-state index contributed by atoms with van der Waals surface area (Å²) in [6.07, 6.45) is -4.52. The van der Waals surface area contributed by atoms with Crippen LogP contribution in [0.3, 0.4) is 0 Å². The molecule has 2 rings (SSSR count). The average molecular weight is 337 g/mol. The lowest BCUT2D eigenvalue weighted by atomic mass is 10.0. The molecule has 0 aliphatic heterocycles. The number of benzene rings is 2. The van der Waals surface area contributed by atoms with E-state index in [1.807, 2.05) is 0 Å². The van der Waals surface area contributed by atoms with Crippen LogP contribution in [0, 0.1) is 6.92 Å². The minimum Gasteiger partial charge on any atom is -0.478 e. The van der Waals surface area contributed by atoms with Crippen molar-refractivity contribution in [1.82, 2.24) is 5.32 Å². The Kier molecular flexibility index (Phi) is 4.92. The summed E-state index contributed by atoms with van der Waals surface area (Å²) in [5.41, 5.74) is 0.212. The highest BCUT2D eigenvalue weighted by Gasteiger charge is 2.30. The Labute approximate surface area is 135 Å².